The molecular formula is C20H18ClN3O. The van der Waals surface area contributed by atoms with Gasteiger partial charge in [-0.1, -0.05) is 55.5 Å². The van der Waals surface area contributed by atoms with Crippen molar-refractivity contribution in [2.24, 2.45) is 0 Å². The molecule has 5 heteroatoms. The topological polar surface area (TPSA) is 50.7 Å². The summed E-state index contributed by atoms with van der Waals surface area (Å²) in [6, 6.07) is 19.7. The van der Waals surface area contributed by atoms with Crippen LogP contribution < -0.4 is 5.56 Å². The Labute approximate surface area is 151 Å². The SMILES string of the molecule is CCc1ncc2c(=O)n(-c3ccccc3)[nH]c2c1-c1ccccc1.Cl. The fraction of sp³-hybridized carbons (Fsp3) is 0.100. The molecule has 0 atom stereocenters. The van der Waals surface area contributed by atoms with Crippen LogP contribution in [-0.4, -0.2) is 14.8 Å². The smallest absolute Gasteiger partial charge is 0.280 e. The Kier molecular flexibility index (Phi) is 4.72. The molecule has 2 heterocycles. The number of para-hydroxylation sites is 1. The van der Waals surface area contributed by atoms with E-state index in [1.54, 1.807) is 10.9 Å². The third kappa shape index (κ3) is 2.85. The molecule has 0 unspecified atom stereocenters. The average Bonchev–Trinajstić information content (AvgIpc) is 2.99. The normalized spacial score (nSPS) is 10.6. The molecular weight excluding hydrogens is 334 g/mol. The minimum absolute atomic E-state index is 0. The zero-order chi connectivity index (χ0) is 16.5. The Bertz CT molecular complexity index is 1050. The van der Waals surface area contributed by atoms with Crippen molar-refractivity contribution in [3.05, 3.63) is 82.9 Å². The van der Waals surface area contributed by atoms with Crippen molar-refractivity contribution in [1.82, 2.24) is 14.8 Å². The summed E-state index contributed by atoms with van der Waals surface area (Å²) in [6.07, 6.45) is 2.48. The zero-order valence-corrected chi connectivity index (χ0v) is 14.6. The van der Waals surface area contributed by atoms with Gasteiger partial charge in [-0.15, -0.1) is 12.4 Å². The van der Waals surface area contributed by atoms with Gasteiger partial charge >= 0.3 is 0 Å². The number of benzene rings is 2. The molecule has 0 spiro atoms. The van der Waals surface area contributed by atoms with E-state index < -0.39 is 0 Å². The Hall–Kier alpha value is -2.85. The fourth-order valence-corrected chi connectivity index (χ4v) is 3.05. The van der Waals surface area contributed by atoms with Crippen LogP contribution in [0.4, 0.5) is 0 Å². The highest BCUT2D eigenvalue weighted by molar-refractivity contribution is 5.94. The first-order chi connectivity index (χ1) is 11.8. The van der Waals surface area contributed by atoms with Crippen molar-refractivity contribution >= 4 is 23.3 Å². The van der Waals surface area contributed by atoms with Gasteiger partial charge in [0.05, 0.1) is 22.3 Å². The molecule has 0 aliphatic rings. The molecule has 4 rings (SSSR count). The highest BCUT2D eigenvalue weighted by Crippen LogP contribution is 2.29. The lowest BCUT2D eigenvalue weighted by Gasteiger charge is -2.08. The minimum atomic E-state index is -0.0801. The van der Waals surface area contributed by atoms with Crippen LogP contribution in [0.3, 0.4) is 0 Å². The number of rotatable bonds is 3. The Morgan fingerprint density at radius 3 is 2.28 bits per heavy atom. The molecule has 0 bridgehead atoms. The van der Waals surface area contributed by atoms with Gasteiger partial charge in [-0.2, -0.15) is 0 Å². The molecule has 2 aromatic heterocycles. The van der Waals surface area contributed by atoms with E-state index in [0.29, 0.717) is 5.39 Å². The van der Waals surface area contributed by atoms with Gasteiger partial charge in [0.2, 0.25) is 0 Å². The number of aromatic amines is 1. The number of aryl methyl sites for hydroxylation is 1. The van der Waals surface area contributed by atoms with Crippen LogP contribution in [0.15, 0.2) is 71.7 Å². The molecule has 0 aliphatic carbocycles. The van der Waals surface area contributed by atoms with Crippen LogP contribution >= 0.6 is 12.4 Å². The molecule has 126 valence electrons. The lowest BCUT2D eigenvalue weighted by Crippen LogP contribution is -2.13. The largest absolute Gasteiger partial charge is 0.290 e. The summed E-state index contributed by atoms with van der Waals surface area (Å²) >= 11 is 0. The van der Waals surface area contributed by atoms with Gasteiger partial charge in [-0.25, -0.2) is 4.68 Å². The van der Waals surface area contributed by atoms with Gasteiger partial charge < -0.3 is 0 Å². The van der Waals surface area contributed by atoms with Crippen LogP contribution in [0.1, 0.15) is 12.6 Å². The molecule has 0 aliphatic heterocycles. The summed E-state index contributed by atoms with van der Waals surface area (Å²) in [5.74, 6) is 0. The van der Waals surface area contributed by atoms with Gasteiger partial charge in [0.25, 0.3) is 5.56 Å². The quantitative estimate of drug-likeness (QED) is 0.596. The minimum Gasteiger partial charge on any atom is -0.290 e. The lowest BCUT2D eigenvalue weighted by atomic mass is 10.0. The molecule has 4 nitrogen and oxygen atoms in total. The maximum Gasteiger partial charge on any atom is 0.280 e. The van der Waals surface area contributed by atoms with E-state index in [4.69, 9.17) is 0 Å². The van der Waals surface area contributed by atoms with Gasteiger partial charge in [0.1, 0.15) is 0 Å². The van der Waals surface area contributed by atoms with Crippen molar-refractivity contribution in [3.8, 4) is 16.8 Å². The predicted octanol–water partition coefficient (Wildman–Crippen LogP) is 4.37. The number of hydrogen-bond donors (Lipinski definition) is 1. The number of aromatic nitrogens is 3. The van der Waals surface area contributed by atoms with Crippen molar-refractivity contribution in [2.75, 3.05) is 0 Å². The molecule has 25 heavy (non-hydrogen) atoms. The van der Waals surface area contributed by atoms with E-state index in [9.17, 15) is 4.79 Å². The van der Waals surface area contributed by atoms with Crippen molar-refractivity contribution < 1.29 is 0 Å². The average molecular weight is 352 g/mol. The molecule has 0 radical (unpaired) electrons. The van der Waals surface area contributed by atoms with Gasteiger partial charge in [-0.05, 0) is 24.1 Å². The second-order valence-electron chi connectivity index (χ2n) is 5.68. The summed E-state index contributed by atoms with van der Waals surface area (Å²) in [4.78, 5) is 17.3. The van der Waals surface area contributed by atoms with Gasteiger partial charge in [0.15, 0.2) is 0 Å². The van der Waals surface area contributed by atoms with E-state index in [1.165, 1.54) is 0 Å². The zero-order valence-electron chi connectivity index (χ0n) is 13.8. The number of fused-ring (bicyclic) bond motifs is 1. The summed E-state index contributed by atoms with van der Waals surface area (Å²) in [5, 5.41) is 3.89. The molecule has 0 saturated carbocycles. The van der Waals surface area contributed by atoms with Crippen LogP contribution in [0.2, 0.25) is 0 Å². The van der Waals surface area contributed by atoms with Crippen LogP contribution in [0.5, 0.6) is 0 Å². The lowest BCUT2D eigenvalue weighted by molar-refractivity contribution is 0.863. The second-order valence-corrected chi connectivity index (χ2v) is 5.68. The Balaban J connectivity index is 0.00000182. The van der Waals surface area contributed by atoms with E-state index in [0.717, 1.165) is 34.4 Å². The first-order valence-corrected chi connectivity index (χ1v) is 8.03. The van der Waals surface area contributed by atoms with Crippen LogP contribution in [0, 0.1) is 0 Å². The van der Waals surface area contributed by atoms with Crippen molar-refractivity contribution in [1.29, 1.82) is 0 Å². The van der Waals surface area contributed by atoms with Crippen LogP contribution in [0.25, 0.3) is 27.7 Å². The number of hydrogen-bond acceptors (Lipinski definition) is 2. The second kappa shape index (κ2) is 6.95. The van der Waals surface area contributed by atoms with E-state index in [-0.39, 0.29) is 18.0 Å². The molecule has 1 N–H and O–H groups in total. The van der Waals surface area contributed by atoms with Gasteiger partial charge in [-0.3, -0.25) is 14.9 Å². The molecule has 4 aromatic rings. The summed E-state index contributed by atoms with van der Waals surface area (Å²) in [7, 11) is 0. The fourth-order valence-electron chi connectivity index (χ4n) is 3.05. The van der Waals surface area contributed by atoms with E-state index in [1.807, 2.05) is 60.7 Å². The first kappa shape index (κ1) is 17.0. The highest BCUT2D eigenvalue weighted by atomic mass is 35.5. The highest BCUT2D eigenvalue weighted by Gasteiger charge is 2.16. The molecule has 0 fully saturated rings. The van der Waals surface area contributed by atoms with Crippen molar-refractivity contribution in [2.45, 2.75) is 13.3 Å². The van der Waals surface area contributed by atoms with E-state index in [2.05, 4.69) is 17.0 Å². The first-order valence-electron chi connectivity index (χ1n) is 8.03. The maximum absolute atomic E-state index is 12.8. The molecule has 0 amide bonds. The Morgan fingerprint density at radius 1 is 1.00 bits per heavy atom. The van der Waals surface area contributed by atoms with E-state index >= 15 is 0 Å². The standard InChI is InChI=1S/C20H17N3O.ClH/c1-2-17-18(14-9-5-3-6-10-14)19-16(13-21-17)20(24)23(22-19)15-11-7-4-8-12-15;/h3-13,22H,2H2,1H3;1H. The molecule has 2 aromatic carbocycles. The number of nitrogens with zero attached hydrogens (tertiary/aromatic N) is 2. The molecule has 0 saturated heterocycles. The predicted molar refractivity (Wildman–Crippen MR) is 104 cm³/mol. The van der Waals surface area contributed by atoms with Crippen molar-refractivity contribution in [3.63, 3.8) is 0 Å². The number of nitrogens with one attached hydrogen (secondary N) is 1. The monoisotopic (exact) mass is 351 g/mol. The third-order valence-corrected chi connectivity index (χ3v) is 4.23. The summed E-state index contributed by atoms with van der Waals surface area (Å²) in [6.45, 7) is 2.08. The van der Waals surface area contributed by atoms with Gasteiger partial charge in [0, 0.05) is 11.8 Å². The third-order valence-electron chi connectivity index (χ3n) is 4.23. The Morgan fingerprint density at radius 2 is 1.64 bits per heavy atom. The summed E-state index contributed by atoms with van der Waals surface area (Å²) < 4.78 is 1.58. The number of pyridine rings is 1. The number of H-pyrrole nitrogens is 1. The maximum atomic E-state index is 12.8. The summed E-state index contributed by atoms with van der Waals surface area (Å²) in [5.41, 5.74) is 4.62. The number of halogens is 1. The van der Waals surface area contributed by atoms with Crippen LogP contribution in [-0.2, 0) is 6.42 Å².